The Hall–Kier alpha value is 0.894. The first-order valence-electron chi connectivity index (χ1n) is 10.2. The Bertz CT molecular complexity index is 323. The Labute approximate surface area is 181 Å². The summed E-state index contributed by atoms with van der Waals surface area (Å²) in [5, 5.41) is 28.7. The van der Waals surface area contributed by atoms with Gasteiger partial charge in [0.1, 0.15) is 8.07 Å². The van der Waals surface area contributed by atoms with E-state index in [9.17, 15) is 15.3 Å². The summed E-state index contributed by atoms with van der Waals surface area (Å²) in [5.41, 5.74) is 0. The van der Waals surface area contributed by atoms with Crippen LogP contribution in [0.1, 0.15) is 39.5 Å². The van der Waals surface area contributed by atoms with Crippen molar-refractivity contribution >= 4 is 38.5 Å². The highest BCUT2D eigenvalue weighted by Gasteiger charge is 2.39. The van der Waals surface area contributed by atoms with Crippen molar-refractivity contribution in [2.75, 3.05) is 51.5 Å². The van der Waals surface area contributed by atoms with Crippen LogP contribution in [-0.2, 0) is 13.3 Å². The summed E-state index contributed by atoms with van der Waals surface area (Å²) in [4.78, 5) is 0. The van der Waals surface area contributed by atoms with Crippen molar-refractivity contribution in [2.24, 2.45) is 11.8 Å². The molecular formula is C18H42O6S2Si2. The van der Waals surface area contributed by atoms with E-state index in [0.29, 0.717) is 11.8 Å². The molecule has 0 rings (SSSR count). The predicted octanol–water partition coefficient (Wildman–Crippen LogP) is 3.12. The van der Waals surface area contributed by atoms with Crippen molar-refractivity contribution in [1.29, 1.82) is 0 Å². The van der Waals surface area contributed by atoms with Gasteiger partial charge in [0.05, 0.1) is 0 Å². The summed E-state index contributed by atoms with van der Waals surface area (Å²) >= 11 is 0. The molecule has 0 aromatic carbocycles. The molecule has 0 radical (unpaired) electrons. The van der Waals surface area contributed by atoms with Crippen LogP contribution in [0.25, 0.3) is 0 Å². The summed E-state index contributed by atoms with van der Waals surface area (Å²) in [6.45, 7) is 4.35. The third-order valence-electron chi connectivity index (χ3n) is 5.66. The van der Waals surface area contributed by atoms with Gasteiger partial charge in [0.15, 0.2) is 0 Å². The Morgan fingerprint density at radius 1 is 0.714 bits per heavy atom. The molecule has 0 amide bonds. The average molecular weight is 475 g/mol. The zero-order valence-electron chi connectivity index (χ0n) is 18.3. The first-order chi connectivity index (χ1) is 13.4. The average Bonchev–Trinajstić information content (AvgIpc) is 2.75. The molecule has 0 aliphatic rings. The Kier molecular flexibility index (Phi) is 17.1. The van der Waals surface area contributed by atoms with Crippen LogP contribution in [-0.4, -0.2) is 83.7 Å². The van der Waals surface area contributed by atoms with Crippen LogP contribution in [0.4, 0.5) is 0 Å². The van der Waals surface area contributed by atoms with Crippen LogP contribution in [0.5, 0.6) is 0 Å². The number of aliphatic hydroxyl groups excluding tert-OH is 3. The molecule has 0 aliphatic carbocycles. The maximum absolute atomic E-state index is 9.58. The third-order valence-corrected chi connectivity index (χ3v) is 14.5. The normalized spacial score (nSPS) is 15.0. The van der Waals surface area contributed by atoms with E-state index in [4.69, 9.17) is 13.3 Å². The number of hydrogen-bond acceptors (Lipinski definition) is 8. The van der Waals surface area contributed by atoms with Gasteiger partial charge < -0.3 is 28.6 Å². The second kappa shape index (κ2) is 16.6. The summed E-state index contributed by atoms with van der Waals surface area (Å²) < 4.78 is 16.7. The maximum Gasteiger partial charge on any atom is 0.500 e. The van der Waals surface area contributed by atoms with E-state index in [1.807, 2.05) is 21.6 Å². The summed E-state index contributed by atoms with van der Waals surface area (Å²) in [7, 11) is 3.99. The van der Waals surface area contributed by atoms with Crippen LogP contribution in [0.15, 0.2) is 0 Å². The molecule has 0 aromatic rings. The summed E-state index contributed by atoms with van der Waals surface area (Å²) in [6, 6.07) is 1.65. The molecule has 0 bridgehead atoms. The quantitative estimate of drug-likeness (QED) is 0.149. The van der Waals surface area contributed by atoms with E-state index in [0.717, 1.165) is 49.3 Å². The van der Waals surface area contributed by atoms with Gasteiger partial charge in [-0.25, -0.2) is 0 Å². The molecule has 0 heterocycles. The maximum atomic E-state index is 9.58. The van der Waals surface area contributed by atoms with Gasteiger partial charge >= 0.3 is 8.80 Å². The van der Waals surface area contributed by atoms with E-state index < -0.39 is 16.9 Å². The van der Waals surface area contributed by atoms with Gasteiger partial charge in [0.2, 0.25) is 0 Å². The molecule has 6 nitrogen and oxygen atoms in total. The highest BCUT2D eigenvalue weighted by molar-refractivity contribution is 8.76. The minimum absolute atomic E-state index is 0.0357. The Morgan fingerprint density at radius 2 is 1.11 bits per heavy atom. The van der Waals surface area contributed by atoms with Gasteiger partial charge in [-0.2, -0.15) is 0 Å². The van der Waals surface area contributed by atoms with Gasteiger partial charge in [0, 0.05) is 57.6 Å². The molecule has 0 saturated carbocycles. The molecule has 2 atom stereocenters. The molecule has 28 heavy (non-hydrogen) atoms. The van der Waals surface area contributed by atoms with Crippen molar-refractivity contribution in [3.63, 3.8) is 0 Å². The van der Waals surface area contributed by atoms with E-state index in [-0.39, 0.29) is 18.7 Å². The zero-order valence-corrected chi connectivity index (χ0v) is 21.9. The third kappa shape index (κ3) is 10.3. The van der Waals surface area contributed by atoms with E-state index in [2.05, 4.69) is 13.8 Å². The van der Waals surface area contributed by atoms with Crippen LogP contribution in [0.2, 0.25) is 12.1 Å². The lowest BCUT2D eigenvalue weighted by molar-refractivity contribution is 0.117. The molecule has 0 aromatic heterocycles. The fourth-order valence-electron chi connectivity index (χ4n) is 3.26. The molecule has 0 fully saturated rings. The van der Waals surface area contributed by atoms with Gasteiger partial charge in [-0.15, -0.1) is 0 Å². The highest BCUT2D eigenvalue weighted by atomic mass is 33.1. The minimum atomic E-state index is -2.50. The minimum Gasteiger partial charge on any atom is -0.399 e. The molecule has 170 valence electrons. The number of rotatable bonds is 19. The zero-order chi connectivity index (χ0) is 21.5. The van der Waals surface area contributed by atoms with Crippen LogP contribution in [0, 0.1) is 11.8 Å². The summed E-state index contributed by atoms with van der Waals surface area (Å²) in [5.74, 6) is 3.14. The fraction of sp³-hybridized carbons (Fsp3) is 1.00. The van der Waals surface area contributed by atoms with Gasteiger partial charge in [-0.3, -0.25) is 0 Å². The van der Waals surface area contributed by atoms with Crippen molar-refractivity contribution in [1.82, 2.24) is 0 Å². The van der Waals surface area contributed by atoms with Crippen molar-refractivity contribution in [3.8, 4) is 0 Å². The highest BCUT2D eigenvalue weighted by Crippen LogP contribution is 2.31. The van der Waals surface area contributed by atoms with Gasteiger partial charge in [-0.05, 0) is 30.7 Å². The molecule has 10 heteroatoms. The second-order valence-corrected chi connectivity index (χ2v) is 17.5. The lowest BCUT2D eigenvalue weighted by Crippen LogP contribution is -2.49. The topological polar surface area (TPSA) is 88.4 Å². The van der Waals surface area contributed by atoms with E-state index in [1.54, 1.807) is 21.3 Å². The van der Waals surface area contributed by atoms with Crippen LogP contribution < -0.4 is 0 Å². The van der Waals surface area contributed by atoms with Crippen LogP contribution in [0.3, 0.4) is 0 Å². The van der Waals surface area contributed by atoms with Crippen LogP contribution >= 0.6 is 21.6 Å². The lowest BCUT2D eigenvalue weighted by atomic mass is 10.1. The van der Waals surface area contributed by atoms with Crippen molar-refractivity contribution in [3.05, 3.63) is 0 Å². The first-order valence-corrected chi connectivity index (χ1v) is 17.4. The molecule has 0 saturated heterocycles. The molecule has 2 unspecified atom stereocenters. The molecule has 3 N–H and O–H groups in total. The van der Waals surface area contributed by atoms with Gasteiger partial charge in [0.25, 0.3) is 0 Å². The predicted molar refractivity (Wildman–Crippen MR) is 125 cm³/mol. The largest absolute Gasteiger partial charge is 0.500 e. The standard InChI is InChI=1S/C18H42O6S2Si2/c1-6-17(12-27(14-19,15-20)16-21)8-10-25-26-11-9-18(7-2)13-28(22-3,23-4)24-5/h17-21H,6-16H2,1-5H3. The van der Waals surface area contributed by atoms with Crippen molar-refractivity contribution < 1.29 is 28.6 Å². The van der Waals surface area contributed by atoms with Crippen molar-refractivity contribution in [2.45, 2.75) is 51.6 Å². The second-order valence-electron chi connectivity index (χ2n) is 7.45. The molecule has 0 aliphatic heterocycles. The first kappa shape index (κ1) is 28.9. The lowest BCUT2D eigenvalue weighted by Gasteiger charge is -2.29. The van der Waals surface area contributed by atoms with E-state index in [1.165, 1.54) is 0 Å². The number of hydrogen-bond donors (Lipinski definition) is 3. The van der Waals surface area contributed by atoms with E-state index >= 15 is 0 Å². The monoisotopic (exact) mass is 474 g/mol. The summed E-state index contributed by atoms with van der Waals surface area (Å²) in [6.07, 6.45) is 4.18. The Morgan fingerprint density at radius 3 is 1.43 bits per heavy atom. The Balaban J connectivity index is 4.20. The fourth-order valence-corrected chi connectivity index (χ4v) is 10.2. The van der Waals surface area contributed by atoms with Gasteiger partial charge in [-0.1, -0.05) is 48.3 Å². The smallest absolute Gasteiger partial charge is 0.399 e. The molecule has 0 spiro atoms. The SMILES string of the molecule is CCC(CCSSCCC(CC)C[Si](OC)(OC)OC)C[Si](CO)(CO)CO. The number of aliphatic hydroxyl groups is 3. The molecular weight excluding hydrogens is 432 g/mol.